The number of rotatable bonds is 4. The van der Waals surface area contributed by atoms with Gasteiger partial charge in [0.2, 0.25) is 0 Å². The van der Waals surface area contributed by atoms with Gasteiger partial charge in [-0.1, -0.05) is 19.0 Å². The second kappa shape index (κ2) is 5.74. The molecule has 0 bridgehead atoms. The molecule has 0 spiro atoms. The Bertz CT molecular complexity index is 303. The zero-order valence-corrected chi connectivity index (χ0v) is 9.98. The fourth-order valence-corrected chi connectivity index (χ4v) is 2.79. The van der Waals surface area contributed by atoms with Crippen molar-refractivity contribution in [1.29, 1.82) is 5.26 Å². The summed E-state index contributed by atoms with van der Waals surface area (Å²) in [6.45, 7) is 5.37. The molecule has 5 heteroatoms. The predicted octanol–water partition coefficient (Wildman–Crippen LogP) is 2.60. The smallest absolute Gasteiger partial charge is 0.107 e. The van der Waals surface area contributed by atoms with Crippen LogP contribution in [0.4, 0.5) is 0 Å². The Labute approximate surface area is 96.5 Å². The average Bonchev–Trinajstić information content (AvgIpc) is 2.23. The van der Waals surface area contributed by atoms with E-state index >= 15 is 0 Å². The van der Waals surface area contributed by atoms with Crippen LogP contribution >= 0.6 is 0 Å². The normalized spacial score (nSPS) is 33.8. The Kier molecular flexibility index (Phi) is 4.60. The van der Waals surface area contributed by atoms with Crippen LogP contribution in [0, 0.1) is 23.2 Å². The van der Waals surface area contributed by atoms with Gasteiger partial charge >= 0.3 is 0 Å². The van der Waals surface area contributed by atoms with Crippen molar-refractivity contribution in [3.63, 3.8) is 0 Å². The predicted molar refractivity (Wildman–Crippen MR) is 62.5 cm³/mol. The van der Waals surface area contributed by atoms with Crippen LogP contribution in [0.2, 0.25) is 0 Å². The number of nitriles is 1. The molecule has 1 aliphatic carbocycles. The molecule has 16 heavy (non-hydrogen) atoms. The summed E-state index contributed by atoms with van der Waals surface area (Å²) in [7, 11) is 0. The third-order valence-corrected chi connectivity index (χ3v) is 3.15. The minimum Gasteiger partial charge on any atom is -0.299 e. The molecule has 1 fully saturated rings. The molecule has 0 aliphatic heterocycles. The van der Waals surface area contributed by atoms with E-state index in [4.69, 9.17) is 5.53 Å². The van der Waals surface area contributed by atoms with Crippen LogP contribution in [0.15, 0.2) is 5.11 Å². The highest BCUT2D eigenvalue weighted by atomic mass is 15.1. The lowest BCUT2D eigenvalue weighted by atomic mass is 9.72. The first kappa shape index (κ1) is 12.8. The van der Waals surface area contributed by atoms with E-state index in [1.807, 2.05) is 0 Å². The zero-order valence-electron chi connectivity index (χ0n) is 9.98. The maximum atomic E-state index is 9.32. The first-order chi connectivity index (χ1) is 7.62. The topological polar surface area (TPSA) is 84.6 Å². The van der Waals surface area contributed by atoms with E-state index in [0.29, 0.717) is 24.9 Å². The summed E-state index contributed by atoms with van der Waals surface area (Å²) in [5.74, 6) is 1.16. The minimum atomic E-state index is -0.415. The molecule has 1 rings (SSSR count). The maximum absolute atomic E-state index is 9.32. The van der Waals surface area contributed by atoms with Gasteiger partial charge in [0.1, 0.15) is 5.54 Å². The largest absolute Gasteiger partial charge is 0.299 e. The van der Waals surface area contributed by atoms with Gasteiger partial charge in [0, 0.05) is 18.0 Å². The lowest BCUT2D eigenvalue weighted by molar-refractivity contribution is 0.191. The van der Waals surface area contributed by atoms with Crippen molar-refractivity contribution < 1.29 is 0 Å². The van der Waals surface area contributed by atoms with Gasteiger partial charge in [-0.3, -0.25) is 5.32 Å². The van der Waals surface area contributed by atoms with E-state index in [9.17, 15) is 5.26 Å². The summed E-state index contributed by atoms with van der Waals surface area (Å²) < 4.78 is 0. The monoisotopic (exact) mass is 221 g/mol. The quantitative estimate of drug-likeness (QED) is 0.342. The first-order valence-corrected chi connectivity index (χ1v) is 5.79. The SMILES string of the molecule is CC1CC(C)CC(C#N)(NCCN=[N+]=[N-])C1. The van der Waals surface area contributed by atoms with Crippen molar-refractivity contribution in [3.8, 4) is 6.07 Å². The Balaban J connectivity index is 2.55. The molecule has 5 nitrogen and oxygen atoms in total. The molecule has 2 unspecified atom stereocenters. The summed E-state index contributed by atoms with van der Waals surface area (Å²) in [6.07, 6.45) is 2.98. The minimum absolute atomic E-state index is 0.405. The van der Waals surface area contributed by atoms with Gasteiger partial charge in [-0.2, -0.15) is 5.26 Å². The molecule has 0 saturated heterocycles. The average molecular weight is 221 g/mol. The molecular weight excluding hydrogens is 202 g/mol. The van der Waals surface area contributed by atoms with Gasteiger partial charge < -0.3 is 0 Å². The molecule has 0 amide bonds. The van der Waals surface area contributed by atoms with Gasteiger partial charge in [0.05, 0.1) is 6.07 Å². The molecule has 0 aromatic heterocycles. The van der Waals surface area contributed by atoms with Crippen LogP contribution in [0.3, 0.4) is 0 Å². The van der Waals surface area contributed by atoms with Crippen LogP contribution in [-0.4, -0.2) is 18.6 Å². The van der Waals surface area contributed by atoms with Crippen LogP contribution < -0.4 is 5.32 Å². The summed E-state index contributed by atoms with van der Waals surface area (Å²) >= 11 is 0. The van der Waals surface area contributed by atoms with Gasteiger partial charge in [-0.25, -0.2) is 0 Å². The van der Waals surface area contributed by atoms with Gasteiger partial charge in [0.25, 0.3) is 0 Å². The zero-order chi connectivity index (χ0) is 12.0. The summed E-state index contributed by atoms with van der Waals surface area (Å²) in [5, 5.41) is 16.0. The van der Waals surface area contributed by atoms with Crippen LogP contribution in [-0.2, 0) is 0 Å². The molecule has 1 saturated carbocycles. The molecule has 2 atom stereocenters. The molecule has 0 heterocycles. The van der Waals surface area contributed by atoms with Gasteiger partial charge in [-0.05, 0) is 36.6 Å². The standard InChI is InChI=1S/C11H19N5/c1-9-5-10(2)7-11(6-9,8-12)14-3-4-15-16-13/h9-10,14H,3-7H2,1-2H3. The second-order valence-electron chi connectivity index (χ2n) is 4.93. The number of nitrogens with one attached hydrogen (secondary N) is 1. The molecular formula is C11H19N5. The fraction of sp³-hybridized carbons (Fsp3) is 0.909. The van der Waals surface area contributed by atoms with Crippen molar-refractivity contribution in [2.24, 2.45) is 17.0 Å². The third-order valence-electron chi connectivity index (χ3n) is 3.15. The van der Waals surface area contributed by atoms with Gasteiger partial charge in [-0.15, -0.1) is 0 Å². The number of azide groups is 1. The van der Waals surface area contributed by atoms with Crippen molar-refractivity contribution in [2.45, 2.75) is 38.6 Å². The highest BCUT2D eigenvalue weighted by molar-refractivity contribution is 5.10. The van der Waals surface area contributed by atoms with Crippen LogP contribution in [0.5, 0.6) is 0 Å². The van der Waals surface area contributed by atoms with Crippen LogP contribution in [0.25, 0.3) is 10.4 Å². The van der Waals surface area contributed by atoms with Crippen LogP contribution in [0.1, 0.15) is 33.1 Å². The highest BCUT2D eigenvalue weighted by Gasteiger charge is 2.37. The molecule has 0 aromatic carbocycles. The van der Waals surface area contributed by atoms with Crippen molar-refractivity contribution in [3.05, 3.63) is 10.4 Å². The summed E-state index contributed by atoms with van der Waals surface area (Å²) in [4.78, 5) is 2.70. The highest BCUT2D eigenvalue weighted by Crippen LogP contribution is 2.35. The lowest BCUT2D eigenvalue weighted by Crippen LogP contribution is -2.50. The van der Waals surface area contributed by atoms with E-state index in [1.54, 1.807) is 0 Å². The Hall–Kier alpha value is -1.24. The number of hydrogen-bond donors (Lipinski definition) is 1. The fourth-order valence-electron chi connectivity index (χ4n) is 2.79. The molecule has 0 radical (unpaired) electrons. The van der Waals surface area contributed by atoms with E-state index in [-0.39, 0.29) is 0 Å². The molecule has 88 valence electrons. The lowest BCUT2D eigenvalue weighted by Gasteiger charge is -2.38. The summed E-state index contributed by atoms with van der Waals surface area (Å²) in [6, 6.07) is 2.41. The van der Waals surface area contributed by atoms with Crippen molar-refractivity contribution in [2.75, 3.05) is 13.1 Å². The third kappa shape index (κ3) is 3.41. The molecule has 1 aliphatic rings. The maximum Gasteiger partial charge on any atom is 0.107 e. The van der Waals surface area contributed by atoms with E-state index < -0.39 is 5.54 Å². The Morgan fingerprint density at radius 1 is 1.50 bits per heavy atom. The molecule has 1 N–H and O–H groups in total. The summed E-state index contributed by atoms with van der Waals surface area (Å²) in [5.41, 5.74) is 7.76. The number of nitrogens with zero attached hydrogens (tertiary/aromatic N) is 4. The Morgan fingerprint density at radius 3 is 2.62 bits per heavy atom. The number of hydrogen-bond acceptors (Lipinski definition) is 3. The molecule has 0 aromatic rings. The van der Waals surface area contributed by atoms with E-state index in [0.717, 1.165) is 12.8 Å². The van der Waals surface area contributed by atoms with Crippen molar-refractivity contribution >= 4 is 0 Å². The van der Waals surface area contributed by atoms with E-state index in [2.05, 4.69) is 35.3 Å². The second-order valence-corrected chi connectivity index (χ2v) is 4.93. The Morgan fingerprint density at radius 2 is 2.12 bits per heavy atom. The first-order valence-electron chi connectivity index (χ1n) is 5.79. The van der Waals surface area contributed by atoms with Crippen molar-refractivity contribution in [1.82, 2.24) is 5.32 Å². The van der Waals surface area contributed by atoms with E-state index in [1.165, 1.54) is 6.42 Å². The van der Waals surface area contributed by atoms with Gasteiger partial charge in [0.15, 0.2) is 0 Å².